The lowest BCUT2D eigenvalue weighted by Gasteiger charge is -2.34. The van der Waals surface area contributed by atoms with E-state index in [2.05, 4.69) is 46.6 Å². The SMILES string of the molecule is O=C(Nc1ccccc1)N1CCN(Cc2cccc(Oc3ccc4ccccc4c3)c2)CC1. The summed E-state index contributed by atoms with van der Waals surface area (Å²) in [5.74, 6) is 1.67. The molecular weight excluding hydrogens is 410 g/mol. The topological polar surface area (TPSA) is 44.8 Å². The van der Waals surface area contributed by atoms with Gasteiger partial charge in [-0.2, -0.15) is 0 Å². The number of carbonyl (C=O) groups is 1. The second kappa shape index (κ2) is 9.76. The summed E-state index contributed by atoms with van der Waals surface area (Å²) < 4.78 is 6.14. The maximum absolute atomic E-state index is 12.5. The molecule has 1 fully saturated rings. The van der Waals surface area contributed by atoms with E-state index < -0.39 is 0 Å². The van der Waals surface area contributed by atoms with Gasteiger partial charge in [-0.05, 0) is 52.7 Å². The Kier molecular flexibility index (Phi) is 6.22. The smallest absolute Gasteiger partial charge is 0.321 e. The Morgan fingerprint density at radius 2 is 1.45 bits per heavy atom. The number of hydrogen-bond acceptors (Lipinski definition) is 3. The number of piperazine rings is 1. The number of hydrogen-bond donors (Lipinski definition) is 1. The molecule has 0 bridgehead atoms. The number of urea groups is 1. The van der Waals surface area contributed by atoms with E-state index >= 15 is 0 Å². The highest BCUT2D eigenvalue weighted by atomic mass is 16.5. The van der Waals surface area contributed by atoms with Crippen molar-refractivity contribution >= 4 is 22.5 Å². The van der Waals surface area contributed by atoms with E-state index in [1.165, 1.54) is 16.3 Å². The van der Waals surface area contributed by atoms with Crippen LogP contribution in [0.1, 0.15) is 5.56 Å². The average molecular weight is 438 g/mol. The van der Waals surface area contributed by atoms with Crippen molar-refractivity contribution in [1.29, 1.82) is 0 Å². The van der Waals surface area contributed by atoms with Crippen LogP contribution < -0.4 is 10.1 Å². The molecule has 0 saturated carbocycles. The van der Waals surface area contributed by atoms with E-state index in [4.69, 9.17) is 4.74 Å². The molecule has 1 N–H and O–H groups in total. The molecule has 1 aliphatic heterocycles. The maximum Gasteiger partial charge on any atom is 0.321 e. The molecule has 5 nitrogen and oxygen atoms in total. The number of rotatable bonds is 5. The molecule has 0 spiro atoms. The predicted molar refractivity (Wildman–Crippen MR) is 133 cm³/mol. The van der Waals surface area contributed by atoms with Crippen LogP contribution in [0.4, 0.5) is 10.5 Å². The lowest BCUT2D eigenvalue weighted by Crippen LogP contribution is -2.49. The number of para-hydroxylation sites is 1. The van der Waals surface area contributed by atoms with Crippen molar-refractivity contribution in [1.82, 2.24) is 9.80 Å². The van der Waals surface area contributed by atoms with Crippen molar-refractivity contribution in [2.45, 2.75) is 6.54 Å². The zero-order chi connectivity index (χ0) is 22.5. The predicted octanol–water partition coefficient (Wildman–Crippen LogP) is 5.98. The number of amides is 2. The van der Waals surface area contributed by atoms with E-state index in [0.717, 1.165) is 36.8 Å². The summed E-state index contributed by atoms with van der Waals surface area (Å²) in [6.45, 7) is 3.96. The molecule has 1 saturated heterocycles. The first-order valence-corrected chi connectivity index (χ1v) is 11.3. The first kappa shape index (κ1) is 21.0. The summed E-state index contributed by atoms with van der Waals surface area (Å²) >= 11 is 0. The molecule has 33 heavy (non-hydrogen) atoms. The van der Waals surface area contributed by atoms with Gasteiger partial charge in [0.15, 0.2) is 0 Å². The molecule has 1 heterocycles. The van der Waals surface area contributed by atoms with Gasteiger partial charge >= 0.3 is 6.03 Å². The van der Waals surface area contributed by atoms with E-state index in [-0.39, 0.29) is 6.03 Å². The van der Waals surface area contributed by atoms with Gasteiger partial charge in [0.1, 0.15) is 11.5 Å². The summed E-state index contributed by atoms with van der Waals surface area (Å²) in [6.07, 6.45) is 0. The number of fused-ring (bicyclic) bond motifs is 1. The third kappa shape index (κ3) is 5.33. The minimum Gasteiger partial charge on any atom is -0.457 e. The van der Waals surface area contributed by atoms with E-state index in [9.17, 15) is 4.79 Å². The third-order valence-corrected chi connectivity index (χ3v) is 5.95. The van der Waals surface area contributed by atoms with Gasteiger partial charge in [-0.1, -0.05) is 60.7 Å². The fraction of sp³-hybridized carbons (Fsp3) is 0.179. The van der Waals surface area contributed by atoms with Crippen LogP contribution in [-0.4, -0.2) is 42.0 Å². The lowest BCUT2D eigenvalue weighted by molar-refractivity contribution is 0.143. The highest BCUT2D eigenvalue weighted by molar-refractivity contribution is 5.89. The van der Waals surface area contributed by atoms with Crippen LogP contribution in [0.25, 0.3) is 10.8 Å². The summed E-state index contributed by atoms with van der Waals surface area (Å²) in [5.41, 5.74) is 2.03. The van der Waals surface area contributed by atoms with Crippen LogP contribution in [0.5, 0.6) is 11.5 Å². The number of nitrogens with zero attached hydrogens (tertiary/aromatic N) is 2. The van der Waals surface area contributed by atoms with E-state index in [1.807, 2.05) is 65.6 Å². The van der Waals surface area contributed by atoms with Gasteiger partial charge in [-0.3, -0.25) is 4.90 Å². The Labute approximate surface area is 194 Å². The molecule has 1 aliphatic rings. The first-order valence-electron chi connectivity index (χ1n) is 11.3. The zero-order valence-electron chi connectivity index (χ0n) is 18.5. The minimum absolute atomic E-state index is 0.0355. The molecule has 0 aromatic heterocycles. The van der Waals surface area contributed by atoms with Crippen molar-refractivity contribution in [3.63, 3.8) is 0 Å². The van der Waals surface area contributed by atoms with Crippen molar-refractivity contribution in [2.75, 3.05) is 31.5 Å². The highest BCUT2D eigenvalue weighted by Gasteiger charge is 2.21. The molecule has 0 aliphatic carbocycles. The van der Waals surface area contributed by atoms with Crippen LogP contribution in [0.3, 0.4) is 0 Å². The van der Waals surface area contributed by atoms with E-state index in [0.29, 0.717) is 13.1 Å². The highest BCUT2D eigenvalue weighted by Crippen LogP contribution is 2.26. The molecule has 166 valence electrons. The summed E-state index contributed by atoms with van der Waals surface area (Å²) in [7, 11) is 0. The van der Waals surface area contributed by atoms with Gasteiger partial charge in [-0.25, -0.2) is 4.79 Å². The van der Waals surface area contributed by atoms with Gasteiger partial charge in [0, 0.05) is 38.4 Å². The molecule has 0 unspecified atom stereocenters. The summed E-state index contributed by atoms with van der Waals surface area (Å²) in [5, 5.41) is 5.34. The summed E-state index contributed by atoms with van der Waals surface area (Å²) in [4.78, 5) is 16.8. The van der Waals surface area contributed by atoms with Crippen molar-refractivity contribution in [3.8, 4) is 11.5 Å². The van der Waals surface area contributed by atoms with Crippen LogP contribution in [0.15, 0.2) is 97.1 Å². The molecular formula is C28H27N3O2. The number of benzene rings is 4. The number of nitrogens with one attached hydrogen (secondary N) is 1. The first-order chi connectivity index (χ1) is 16.2. The molecule has 5 rings (SSSR count). The minimum atomic E-state index is -0.0355. The summed E-state index contributed by atoms with van der Waals surface area (Å²) in [6, 6.07) is 32.3. The Bertz CT molecular complexity index is 1230. The monoisotopic (exact) mass is 437 g/mol. The largest absolute Gasteiger partial charge is 0.457 e. The molecule has 5 heteroatoms. The molecule has 0 radical (unpaired) electrons. The van der Waals surface area contributed by atoms with Gasteiger partial charge in [-0.15, -0.1) is 0 Å². The molecule has 4 aromatic carbocycles. The quantitative estimate of drug-likeness (QED) is 0.418. The number of ether oxygens (including phenoxy) is 1. The number of carbonyl (C=O) groups excluding carboxylic acids is 1. The fourth-order valence-corrected chi connectivity index (χ4v) is 4.17. The number of anilines is 1. The Morgan fingerprint density at radius 1 is 0.727 bits per heavy atom. The second-order valence-electron chi connectivity index (χ2n) is 8.32. The van der Waals surface area contributed by atoms with Crippen molar-refractivity contribution < 1.29 is 9.53 Å². The van der Waals surface area contributed by atoms with Gasteiger partial charge < -0.3 is 15.0 Å². The van der Waals surface area contributed by atoms with Crippen LogP contribution in [-0.2, 0) is 6.54 Å². The lowest BCUT2D eigenvalue weighted by atomic mass is 10.1. The van der Waals surface area contributed by atoms with Gasteiger partial charge in [0.05, 0.1) is 0 Å². The molecule has 2 amide bonds. The Balaban J connectivity index is 1.16. The molecule has 4 aromatic rings. The van der Waals surface area contributed by atoms with Gasteiger partial charge in [0.25, 0.3) is 0 Å². The standard InChI is InChI=1S/C28H27N3O2/c32-28(29-25-10-2-1-3-11-25)31-17-15-30(16-18-31)21-22-7-6-12-26(19-22)33-27-14-13-23-8-4-5-9-24(23)20-27/h1-14,19-20H,15-18,21H2,(H,29,32). The van der Waals surface area contributed by atoms with Crippen molar-refractivity contribution in [2.24, 2.45) is 0 Å². The van der Waals surface area contributed by atoms with Crippen LogP contribution >= 0.6 is 0 Å². The van der Waals surface area contributed by atoms with E-state index in [1.54, 1.807) is 0 Å². The zero-order valence-corrected chi connectivity index (χ0v) is 18.5. The maximum atomic E-state index is 12.5. The fourth-order valence-electron chi connectivity index (χ4n) is 4.17. The van der Waals surface area contributed by atoms with Crippen LogP contribution in [0.2, 0.25) is 0 Å². The van der Waals surface area contributed by atoms with Crippen LogP contribution in [0, 0.1) is 0 Å². The third-order valence-electron chi connectivity index (χ3n) is 5.95. The normalized spacial score (nSPS) is 14.2. The van der Waals surface area contributed by atoms with Gasteiger partial charge in [0.2, 0.25) is 0 Å². The second-order valence-corrected chi connectivity index (χ2v) is 8.32. The average Bonchev–Trinajstić information content (AvgIpc) is 2.85. The molecule has 0 atom stereocenters. The Morgan fingerprint density at radius 3 is 2.27 bits per heavy atom. The Hall–Kier alpha value is -3.83. The van der Waals surface area contributed by atoms with Crippen molar-refractivity contribution in [3.05, 3.63) is 103 Å².